The van der Waals surface area contributed by atoms with Gasteiger partial charge in [-0.2, -0.15) is 0 Å². The first kappa shape index (κ1) is 31.6. The number of unbranched alkanes of at least 4 members (excludes halogenated alkanes) is 7. The number of aliphatic hydroxyl groups excluding tert-OH is 1. The summed E-state index contributed by atoms with van der Waals surface area (Å²) < 4.78 is 0. The van der Waals surface area contributed by atoms with Crippen molar-refractivity contribution in [2.75, 3.05) is 20.2 Å². The average molecular weight is 389 g/mol. The molecule has 5 N–H and O–H groups in total. The van der Waals surface area contributed by atoms with E-state index in [-0.39, 0.29) is 0 Å². The average Bonchev–Trinajstić information content (AvgIpc) is 2.66. The molecule has 1 fully saturated rings. The zero-order valence-electron chi connectivity index (χ0n) is 20.1. The van der Waals surface area contributed by atoms with Gasteiger partial charge in [-0.05, 0) is 62.9 Å². The van der Waals surface area contributed by atoms with Gasteiger partial charge in [-0.1, -0.05) is 86.5 Å². The topological polar surface area (TPSA) is 72.3 Å². The van der Waals surface area contributed by atoms with Gasteiger partial charge in [0, 0.05) is 6.61 Å². The van der Waals surface area contributed by atoms with Crippen molar-refractivity contribution in [3.8, 4) is 0 Å². The number of aliphatic hydroxyl groups is 1. The molecule has 4 atom stereocenters. The van der Waals surface area contributed by atoms with Gasteiger partial charge >= 0.3 is 0 Å². The minimum Gasteiger partial charge on any atom is -0.396 e. The Bertz CT molecular complexity index is 227. The third kappa shape index (κ3) is 23.8. The Morgan fingerprint density at radius 2 is 1.11 bits per heavy atom. The molecule has 1 saturated carbocycles. The SMILES string of the molecule is CC1C[C@@H](C)C(C)[C@@H](C)C1.CCCCCCCO.CCCCCCN.CN. The highest BCUT2D eigenvalue weighted by molar-refractivity contribution is 4.77. The van der Waals surface area contributed by atoms with Crippen LogP contribution >= 0.6 is 0 Å². The summed E-state index contributed by atoms with van der Waals surface area (Å²) >= 11 is 0. The van der Waals surface area contributed by atoms with Crippen molar-refractivity contribution >= 4 is 0 Å². The molecule has 0 saturated heterocycles. The molecule has 0 heterocycles. The van der Waals surface area contributed by atoms with Gasteiger partial charge in [0.15, 0.2) is 0 Å². The van der Waals surface area contributed by atoms with Gasteiger partial charge in [-0.3, -0.25) is 0 Å². The first-order valence-corrected chi connectivity index (χ1v) is 11.8. The summed E-state index contributed by atoms with van der Waals surface area (Å²) in [7, 11) is 1.50. The van der Waals surface area contributed by atoms with E-state index in [1.165, 1.54) is 71.3 Å². The Morgan fingerprint density at radius 3 is 1.48 bits per heavy atom. The number of nitrogens with two attached hydrogens (primary N) is 2. The molecule has 0 aromatic heterocycles. The standard InChI is InChI=1S/C10H20.C7H16O.C6H15N.CH5N/c1-7-5-8(2)10(4)9(3)6-7;1-2-3-4-5-6-7-8;1-2-3-4-5-6-7;1-2/h7-10H,5-6H2,1-4H3;8H,2-7H2,1H3;2-7H2,1H3;2H2,1H3/t7?,8-,9+,10?;;;. The number of rotatable bonds is 9. The van der Waals surface area contributed by atoms with E-state index in [0.717, 1.165) is 36.6 Å². The van der Waals surface area contributed by atoms with Crippen LogP contribution in [0.5, 0.6) is 0 Å². The van der Waals surface area contributed by atoms with Crippen LogP contribution < -0.4 is 11.5 Å². The fourth-order valence-electron chi connectivity index (χ4n) is 3.64. The van der Waals surface area contributed by atoms with Crippen LogP contribution in [-0.2, 0) is 0 Å². The van der Waals surface area contributed by atoms with Crippen LogP contribution in [0.4, 0.5) is 0 Å². The molecule has 1 aliphatic rings. The molecule has 168 valence electrons. The van der Waals surface area contributed by atoms with Crippen molar-refractivity contribution in [3.63, 3.8) is 0 Å². The lowest BCUT2D eigenvalue weighted by Gasteiger charge is -2.35. The van der Waals surface area contributed by atoms with E-state index in [9.17, 15) is 0 Å². The van der Waals surface area contributed by atoms with Crippen molar-refractivity contribution in [1.29, 1.82) is 0 Å². The number of hydrogen-bond acceptors (Lipinski definition) is 3. The second-order valence-corrected chi connectivity index (χ2v) is 8.38. The van der Waals surface area contributed by atoms with Crippen LogP contribution in [0, 0.1) is 23.7 Å². The van der Waals surface area contributed by atoms with Crippen molar-refractivity contribution in [2.24, 2.45) is 35.1 Å². The third-order valence-electron chi connectivity index (χ3n) is 5.66. The highest BCUT2D eigenvalue weighted by Gasteiger charge is 2.27. The van der Waals surface area contributed by atoms with E-state index < -0.39 is 0 Å². The van der Waals surface area contributed by atoms with Crippen LogP contribution in [0.25, 0.3) is 0 Å². The number of hydrogen-bond donors (Lipinski definition) is 3. The molecule has 0 aliphatic heterocycles. The molecule has 3 heteroatoms. The predicted molar refractivity (Wildman–Crippen MR) is 125 cm³/mol. The van der Waals surface area contributed by atoms with Crippen LogP contribution in [0.1, 0.15) is 112 Å². The lowest BCUT2D eigenvalue weighted by atomic mass is 9.71. The Labute approximate surface area is 173 Å². The van der Waals surface area contributed by atoms with Crippen LogP contribution in [0.3, 0.4) is 0 Å². The molecule has 3 nitrogen and oxygen atoms in total. The van der Waals surface area contributed by atoms with Gasteiger partial charge in [0.2, 0.25) is 0 Å². The molecule has 0 amide bonds. The van der Waals surface area contributed by atoms with Gasteiger partial charge in [0.05, 0.1) is 0 Å². The summed E-state index contributed by atoms with van der Waals surface area (Å²) in [6.07, 6.45) is 14.1. The molecule has 2 unspecified atom stereocenters. The van der Waals surface area contributed by atoms with E-state index >= 15 is 0 Å². The van der Waals surface area contributed by atoms with Crippen molar-refractivity contribution in [3.05, 3.63) is 0 Å². The lowest BCUT2D eigenvalue weighted by Crippen LogP contribution is -2.26. The fraction of sp³-hybridized carbons (Fsp3) is 1.00. The van der Waals surface area contributed by atoms with Crippen LogP contribution in [0.2, 0.25) is 0 Å². The highest BCUT2D eigenvalue weighted by atomic mass is 16.2. The molecular formula is C24H56N2O. The quantitative estimate of drug-likeness (QED) is 0.401. The Balaban J connectivity index is -0.000000311. The minimum atomic E-state index is 0.365. The van der Waals surface area contributed by atoms with E-state index in [0.29, 0.717) is 6.61 Å². The van der Waals surface area contributed by atoms with Crippen LogP contribution in [-0.4, -0.2) is 25.3 Å². The maximum Gasteiger partial charge on any atom is 0.0431 e. The summed E-state index contributed by atoms with van der Waals surface area (Å²) in [5.74, 6) is 3.84. The first-order chi connectivity index (χ1) is 12.9. The minimum absolute atomic E-state index is 0.365. The van der Waals surface area contributed by atoms with Gasteiger partial charge in [0.1, 0.15) is 0 Å². The molecule has 1 aliphatic carbocycles. The maximum atomic E-state index is 8.37. The largest absolute Gasteiger partial charge is 0.396 e. The Morgan fingerprint density at radius 1 is 0.704 bits per heavy atom. The molecule has 0 aromatic carbocycles. The molecular weight excluding hydrogens is 332 g/mol. The summed E-state index contributed by atoms with van der Waals surface area (Å²) in [4.78, 5) is 0. The molecule has 0 bridgehead atoms. The summed E-state index contributed by atoms with van der Waals surface area (Å²) in [6.45, 7) is 15.2. The van der Waals surface area contributed by atoms with Gasteiger partial charge in [0.25, 0.3) is 0 Å². The molecule has 27 heavy (non-hydrogen) atoms. The van der Waals surface area contributed by atoms with Crippen molar-refractivity contribution < 1.29 is 5.11 Å². The normalized spacial score (nSPS) is 23.8. The van der Waals surface area contributed by atoms with E-state index in [1.54, 1.807) is 0 Å². The lowest BCUT2D eigenvalue weighted by molar-refractivity contribution is 0.151. The Kier molecular flexibility index (Phi) is 30.3. The maximum absolute atomic E-state index is 8.37. The van der Waals surface area contributed by atoms with E-state index in [4.69, 9.17) is 10.8 Å². The molecule has 1 rings (SSSR count). The van der Waals surface area contributed by atoms with Gasteiger partial charge in [-0.15, -0.1) is 0 Å². The predicted octanol–water partition coefficient (Wildman–Crippen LogP) is 6.37. The zero-order valence-corrected chi connectivity index (χ0v) is 20.1. The Hall–Kier alpha value is -0.120. The summed E-state index contributed by atoms with van der Waals surface area (Å²) in [6, 6.07) is 0. The molecule has 0 spiro atoms. The van der Waals surface area contributed by atoms with Crippen LogP contribution in [0.15, 0.2) is 0 Å². The summed E-state index contributed by atoms with van der Waals surface area (Å²) in [5, 5.41) is 8.37. The molecule has 0 radical (unpaired) electrons. The smallest absolute Gasteiger partial charge is 0.0431 e. The fourth-order valence-corrected chi connectivity index (χ4v) is 3.64. The van der Waals surface area contributed by atoms with Crippen molar-refractivity contribution in [1.82, 2.24) is 0 Å². The third-order valence-corrected chi connectivity index (χ3v) is 5.66. The summed E-state index contributed by atoms with van der Waals surface area (Å²) in [5.41, 5.74) is 9.77. The highest BCUT2D eigenvalue weighted by Crippen LogP contribution is 2.36. The second kappa shape index (κ2) is 25.9. The van der Waals surface area contributed by atoms with Gasteiger partial charge in [-0.25, -0.2) is 0 Å². The molecule has 0 aromatic rings. The van der Waals surface area contributed by atoms with E-state index in [2.05, 4.69) is 47.3 Å². The van der Waals surface area contributed by atoms with Gasteiger partial charge < -0.3 is 16.6 Å². The zero-order chi connectivity index (χ0) is 21.5. The first-order valence-electron chi connectivity index (χ1n) is 11.8. The monoisotopic (exact) mass is 388 g/mol. The second-order valence-electron chi connectivity index (χ2n) is 8.38. The van der Waals surface area contributed by atoms with E-state index in [1.807, 2.05) is 0 Å². The van der Waals surface area contributed by atoms with Crippen molar-refractivity contribution in [2.45, 2.75) is 112 Å².